The van der Waals surface area contributed by atoms with Gasteiger partial charge in [-0.2, -0.15) is 0 Å². The van der Waals surface area contributed by atoms with Gasteiger partial charge in [-0.25, -0.2) is 0 Å². The van der Waals surface area contributed by atoms with Crippen molar-refractivity contribution in [3.05, 3.63) is 12.7 Å². The van der Waals surface area contributed by atoms with E-state index in [1.54, 1.807) is 0 Å². The van der Waals surface area contributed by atoms with E-state index in [9.17, 15) is 4.79 Å². The lowest BCUT2D eigenvalue weighted by molar-refractivity contribution is -0.152. The number of Topliss-reactive ketones (excluding diaryl/α,β-unsaturated/α-hetero) is 1. The van der Waals surface area contributed by atoms with E-state index in [2.05, 4.69) is 41.2 Å². The zero-order valence-corrected chi connectivity index (χ0v) is 21.3. The Hall–Kier alpha value is -0.590. The second kappa shape index (κ2) is 8.98. The van der Waals surface area contributed by atoms with E-state index in [0.717, 1.165) is 54.8 Å². The molecule has 4 aliphatic rings. The molecule has 0 N–H and O–H groups in total. The molecular weight excluding hydrogens is 376 g/mol. The Kier molecular flexibility index (Phi) is 6.83. The predicted molar refractivity (Wildman–Crippen MR) is 132 cm³/mol. The fourth-order valence-corrected chi connectivity index (χ4v) is 9.82. The van der Waals surface area contributed by atoms with Crippen LogP contribution >= 0.6 is 0 Å². The Balaban J connectivity index is 1.49. The molecule has 0 amide bonds. The summed E-state index contributed by atoms with van der Waals surface area (Å²) in [7, 11) is 0. The molecule has 0 saturated heterocycles. The standard InChI is InChI=1S/C30H50O/c1-7-9-23-26-13-12-22-25-15-14-24(21(4)11-8-10-20(2)3)29(25,5)18-16-27(22)30(26,6)19-17-28(23)31/h7,20-27H,1,8-19H2,2-6H3/t21-,22+,23+,24-,25+,26?,27+,29-,30+/m1/s1. The highest BCUT2D eigenvalue weighted by Gasteiger charge is 2.61. The fourth-order valence-electron chi connectivity index (χ4n) is 9.82. The van der Waals surface area contributed by atoms with E-state index < -0.39 is 0 Å². The van der Waals surface area contributed by atoms with Gasteiger partial charge in [0.25, 0.3) is 0 Å². The second-order valence-corrected chi connectivity index (χ2v) is 13.2. The first-order chi connectivity index (χ1) is 14.7. The summed E-state index contributed by atoms with van der Waals surface area (Å²) in [4.78, 5) is 12.8. The second-order valence-electron chi connectivity index (χ2n) is 13.2. The molecule has 4 rings (SSSR count). The molecule has 0 bridgehead atoms. The van der Waals surface area contributed by atoms with Crippen molar-refractivity contribution in [2.75, 3.05) is 0 Å². The molecule has 0 radical (unpaired) electrons. The third-order valence-corrected chi connectivity index (χ3v) is 11.4. The molecule has 4 aliphatic carbocycles. The SMILES string of the molecule is C=CC[C@@H]1C(=O)CC[C@@]2(C)C1CC[C@H]1[C@@H]3CC[C@H]([C@H](C)CCCC(C)C)[C@@]3(C)CC[C@@H]12. The zero-order valence-electron chi connectivity index (χ0n) is 21.3. The van der Waals surface area contributed by atoms with Crippen molar-refractivity contribution in [3.63, 3.8) is 0 Å². The quantitative estimate of drug-likeness (QED) is 0.373. The largest absolute Gasteiger partial charge is 0.299 e. The maximum Gasteiger partial charge on any atom is 0.136 e. The Labute approximate surface area is 193 Å². The van der Waals surface area contributed by atoms with E-state index in [0.29, 0.717) is 22.5 Å². The molecule has 0 spiro atoms. The first kappa shape index (κ1) is 23.6. The number of hydrogen-bond acceptors (Lipinski definition) is 1. The summed E-state index contributed by atoms with van der Waals surface area (Å²) >= 11 is 0. The Morgan fingerprint density at radius 2 is 1.65 bits per heavy atom. The fraction of sp³-hybridized carbons (Fsp3) is 0.900. The van der Waals surface area contributed by atoms with Crippen LogP contribution in [0.3, 0.4) is 0 Å². The van der Waals surface area contributed by atoms with Gasteiger partial charge in [0, 0.05) is 12.3 Å². The molecule has 0 heterocycles. The molecule has 176 valence electrons. The van der Waals surface area contributed by atoms with Gasteiger partial charge in [0.05, 0.1) is 0 Å². The lowest BCUT2D eigenvalue weighted by Gasteiger charge is -2.62. The van der Waals surface area contributed by atoms with Crippen molar-refractivity contribution in [2.24, 2.45) is 58.2 Å². The lowest BCUT2D eigenvalue weighted by atomic mass is 9.43. The van der Waals surface area contributed by atoms with E-state index in [4.69, 9.17) is 0 Å². The molecular formula is C30H50O. The Morgan fingerprint density at radius 3 is 2.35 bits per heavy atom. The first-order valence-electron chi connectivity index (χ1n) is 13.9. The normalized spacial score (nSPS) is 45.7. The summed E-state index contributed by atoms with van der Waals surface area (Å²) in [6.45, 7) is 16.6. The summed E-state index contributed by atoms with van der Waals surface area (Å²) in [6.07, 6.45) is 17.7. The van der Waals surface area contributed by atoms with Crippen molar-refractivity contribution in [2.45, 2.75) is 112 Å². The van der Waals surface area contributed by atoms with Crippen molar-refractivity contribution in [1.29, 1.82) is 0 Å². The van der Waals surface area contributed by atoms with Crippen LogP contribution in [0, 0.1) is 58.2 Å². The van der Waals surface area contributed by atoms with Crippen LogP contribution in [-0.2, 0) is 4.79 Å². The van der Waals surface area contributed by atoms with Crippen LogP contribution in [-0.4, -0.2) is 5.78 Å². The molecule has 1 unspecified atom stereocenters. The summed E-state index contributed by atoms with van der Waals surface area (Å²) < 4.78 is 0. The predicted octanol–water partition coefficient (Wildman–Crippen LogP) is 8.48. The highest BCUT2D eigenvalue weighted by Crippen LogP contribution is 2.68. The molecule has 0 aliphatic heterocycles. The smallest absolute Gasteiger partial charge is 0.136 e. The molecule has 9 atom stereocenters. The maximum absolute atomic E-state index is 12.8. The van der Waals surface area contributed by atoms with Gasteiger partial charge in [0.2, 0.25) is 0 Å². The van der Waals surface area contributed by atoms with Crippen LogP contribution < -0.4 is 0 Å². The van der Waals surface area contributed by atoms with Crippen LogP contribution in [0.4, 0.5) is 0 Å². The van der Waals surface area contributed by atoms with Crippen molar-refractivity contribution < 1.29 is 4.79 Å². The number of ketones is 1. The molecule has 31 heavy (non-hydrogen) atoms. The third kappa shape index (κ3) is 3.99. The third-order valence-electron chi connectivity index (χ3n) is 11.4. The minimum absolute atomic E-state index is 0.266. The minimum Gasteiger partial charge on any atom is -0.299 e. The van der Waals surface area contributed by atoms with Crippen LogP contribution in [0.2, 0.25) is 0 Å². The van der Waals surface area contributed by atoms with Gasteiger partial charge in [-0.3, -0.25) is 4.79 Å². The molecule has 4 saturated carbocycles. The van der Waals surface area contributed by atoms with Gasteiger partial charge >= 0.3 is 0 Å². The average molecular weight is 427 g/mol. The summed E-state index contributed by atoms with van der Waals surface area (Å²) in [6, 6.07) is 0. The van der Waals surface area contributed by atoms with Crippen molar-refractivity contribution in [3.8, 4) is 0 Å². The van der Waals surface area contributed by atoms with Crippen LogP contribution in [0.5, 0.6) is 0 Å². The van der Waals surface area contributed by atoms with Gasteiger partial charge in [0.15, 0.2) is 0 Å². The minimum atomic E-state index is 0.266. The molecule has 0 aromatic rings. The highest BCUT2D eigenvalue weighted by atomic mass is 16.1. The number of fused-ring (bicyclic) bond motifs is 5. The highest BCUT2D eigenvalue weighted by molar-refractivity contribution is 5.82. The molecule has 1 nitrogen and oxygen atoms in total. The van der Waals surface area contributed by atoms with Gasteiger partial charge < -0.3 is 0 Å². The van der Waals surface area contributed by atoms with Gasteiger partial charge in [-0.15, -0.1) is 6.58 Å². The van der Waals surface area contributed by atoms with Crippen LogP contribution in [0.25, 0.3) is 0 Å². The van der Waals surface area contributed by atoms with E-state index in [-0.39, 0.29) is 5.92 Å². The maximum atomic E-state index is 12.8. The van der Waals surface area contributed by atoms with E-state index in [1.807, 2.05) is 6.08 Å². The van der Waals surface area contributed by atoms with Gasteiger partial charge in [-0.05, 0) is 104 Å². The summed E-state index contributed by atoms with van der Waals surface area (Å²) in [5, 5.41) is 0. The van der Waals surface area contributed by atoms with Crippen LogP contribution in [0.1, 0.15) is 112 Å². The van der Waals surface area contributed by atoms with Gasteiger partial charge in [0.1, 0.15) is 5.78 Å². The summed E-state index contributed by atoms with van der Waals surface area (Å²) in [5.41, 5.74) is 0.972. The summed E-state index contributed by atoms with van der Waals surface area (Å²) in [5.74, 6) is 6.82. The Morgan fingerprint density at radius 1 is 0.935 bits per heavy atom. The topological polar surface area (TPSA) is 17.1 Å². The monoisotopic (exact) mass is 426 g/mol. The average Bonchev–Trinajstić information content (AvgIpc) is 3.07. The van der Waals surface area contributed by atoms with Crippen molar-refractivity contribution >= 4 is 5.78 Å². The first-order valence-corrected chi connectivity index (χ1v) is 13.9. The van der Waals surface area contributed by atoms with Crippen LogP contribution in [0.15, 0.2) is 12.7 Å². The number of allylic oxidation sites excluding steroid dienone is 1. The lowest BCUT2D eigenvalue weighted by Crippen LogP contribution is -2.56. The van der Waals surface area contributed by atoms with E-state index in [1.165, 1.54) is 57.8 Å². The molecule has 0 aromatic carbocycles. The molecule has 4 fully saturated rings. The number of hydrogen-bond donors (Lipinski definition) is 0. The Bertz CT molecular complexity index is 663. The number of carbonyl (C=O) groups excluding carboxylic acids is 1. The van der Waals surface area contributed by atoms with Crippen molar-refractivity contribution in [1.82, 2.24) is 0 Å². The van der Waals surface area contributed by atoms with Gasteiger partial charge in [-0.1, -0.05) is 60.0 Å². The molecule has 0 aromatic heterocycles. The zero-order chi connectivity index (χ0) is 22.4. The molecule has 1 heteroatoms. The van der Waals surface area contributed by atoms with E-state index >= 15 is 0 Å². The number of rotatable bonds is 7. The number of carbonyl (C=O) groups is 1.